The second kappa shape index (κ2) is 4.49. The third-order valence-electron chi connectivity index (χ3n) is 4.42. The monoisotopic (exact) mass is 282 g/mol. The molecule has 0 saturated heterocycles. The van der Waals surface area contributed by atoms with Gasteiger partial charge < -0.3 is 15.8 Å². The van der Waals surface area contributed by atoms with Crippen molar-refractivity contribution in [2.24, 2.45) is 16.6 Å². The second-order valence-electron chi connectivity index (χ2n) is 6.34. The molecular formula is C14H22N2O2S. The van der Waals surface area contributed by atoms with Crippen LogP contribution >= 0.6 is 11.3 Å². The van der Waals surface area contributed by atoms with Gasteiger partial charge in [0.05, 0.1) is 7.11 Å². The summed E-state index contributed by atoms with van der Waals surface area (Å²) >= 11 is 1.39. The van der Waals surface area contributed by atoms with Gasteiger partial charge in [-0.25, -0.2) is 0 Å². The lowest BCUT2D eigenvalue weighted by atomic mass is 9.48. The minimum atomic E-state index is -0.0936. The Balaban J connectivity index is 2.16. The first-order valence-electron chi connectivity index (χ1n) is 6.41. The highest BCUT2D eigenvalue weighted by Gasteiger charge is 2.60. The van der Waals surface area contributed by atoms with Crippen LogP contribution in [-0.2, 0) is 0 Å². The van der Waals surface area contributed by atoms with Crippen LogP contribution in [0, 0.1) is 10.8 Å². The first-order valence-corrected chi connectivity index (χ1v) is 7.28. The number of thiophene rings is 1. The number of hydrogen-bond donors (Lipinski definition) is 2. The van der Waals surface area contributed by atoms with E-state index in [-0.39, 0.29) is 28.8 Å². The molecule has 1 aromatic rings. The van der Waals surface area contributed by atoms with Crippen LogP contribution in [0.15, 0.2) is 11.4 Å². The standard InChI is InChI=1S/C14H22N2O2S/c1-13(2)11(15)14(3,4)12(13)16-10(17)9-8(18-5)6-7-19-9/h6-7,11-12H,15H2,1-5H3,(H,16,17). The van der Waals surface area contributed by atoms with Crippen LogP contribution in [0.1, 0.15) is 37.4 Å². The Bertz CT molecular complexity index is 477. The fourth-order valence-corrected chi connectivity index (χ4v) is 4.13. The molecule has 4 nitrogen and oxygen atoms in total. The van der Waals surface area contributed by atoms with Gasteiger partial charge in [-0.2, -0.15) is 0 Å². The van der Waals surface area contributed by atoms with E-state index < -0.39 is 0 Å². The molecule has 19 heavy (non-hydrogen) atoms. The van der Waals surface area contributed by atoms with Crippen molar-refractivity contribution in [2.45, 2.75) is 39.8 Å². The number of carbonyl (C=O) groups is 1. The van der Waals surface area contributed by atoms with Crippen LogP contribution < -0.4 is 15.8 Å². The molecule has 3 N–H and O–H groups in total. The summed E-state index contributed by atoms with van der Waals surface area (Å²) in [6.07, 6.45) is 0. The van der Waals surface area contributed by atoms with E-state index in [4.69, 9.17) is 10.5 Å². The van der Waals surface area contributed by atoms with Gasteiger partial charge in [-0.1, -0.05) is 27.7 Å². The van der Waals surface area contributed by atoms with Crippen molar-refractivity contribution in [2.75, 3.05) is 7.11 Å². The van der Waals surface area contributed by atoms with Crippen LogP contribution in [0.5, 0.6) is 5.75 Å². The van der Waals surface area contributed by atoms with E-state index in [1.54, 1.807) is 7.11 Å². The van der Waals surface area contributed by atoms with Gasteiger partial charge in [-0.15, -0.1) is 11.3 Å². The summed E-state index contributed by atoms with van der Waals surface area (Å²) in [6.45, 7) is 8.39. The van der Waals surface area contributed by atoms with E-state index >= 15 is 0 Å². The molecule has 1 saturated carbocycles. The number of rotatable bonds is 3. The third kappa shape index (κ3) is 2.05. The zero-order chi connectivity index (χ0) is 14.4. The lowest BCUT2D eigenvalue weighted by molar-refractivity contribution is -0.0663. The van der Waals surface area contributed by atoms with Gasteiger partial charge >= 0.3 is 0 Å². The molecule has 0 radical (unpaired) electrons. The molecule has 1 amide bonds. The number of hydrogen-bond acceptors (Lipinski definition) is 4. The summed E-state index contributed by atoms with van der Waals surface area (Å²) in [4.78, 5) is 13.0. The molecule has 1 aliphatic carbocycles. The molecule has 1 aliphatic rings. The predicted molar refractivity (Wildman–Crippen MR) is 77.7 cm³/mol. The average Bonchev–Trinajstić information content (AvgIpc) is 2.82. The highest BCUT2D eigenvalue weighted by molar-refractivity contribution is 7.12. The Morgan fingerprint density at radius 3 is 2.47 bits per heavy atom. The minimum Gasteiger partial charge on any atom is -0.495 e. The molecule has 1 heterocycles. The molecule has 1 aromatic heterocycles. The smallest absolute Gasteiger partial charge is 0.265 e. The Morgan fingerprint density at radius 1 is 1.37 bits per heavy atom. The van der Waals surface area contributed by atoms with Crippen LogP contribution in [-0.4, -0.2) is 25.1 Å². The molecule has 0 unspecified atom stereocenters. The normalized spacial score (nSPS) is 27.5. The lowest BCUT2D eigenvalue weighted by Gasteiger charge is -2.62. The van der Waals surface area contributed by atoms with Crippen LogP contribution in [0.25, 0.3) is 0 Å². The topological polar surface area (TPSA) is 64.3 Å². The zero-order valence-electron chi connectivity index (χ0n) is 12.1. The Labute approximate surface area is 118 Å². The molecule has 0 aromatic carbocycles. The molecule has 0 aliphatic heterocycles. The molecule has 0 spiro atoms. The maximum atomic E-state index is 12.3. The number of ether oxygens (including phenoxy) is 1. The maximum absolute atomic E-state index is 12.3. The van der Waals surface area contributed by atoms with Crippen molar-refractivity contribution in [3.05, 3.63) is 16.3 Å². The minimum absolute atomic E-state index is 0.0642. The molecule has 1 fully saturated rings. The number of amides is 1. The van der Waals surface area contributed by atoms with Crippen molar-refractivity contribution < 1.29 is 9.53 Å². The summed E-state index contributed by atoms with van der Waals surface area (Å²) in [5, 5.41) is 4.97. The molecule has 2 rings (SSSR count). The van der Waals surface area contributed by atoms with Gasteiger partial charge in [-0.05, 0) is 11.4 Å². The number of nitrogens with two attached hydrogens (primary N) is 1. The summed E-state index contributed by atoms with van der Waals surface area (Å²) in [5.41, 5.74) is 6.01. The summed E-state index contributed by atoms with van der Waals surface area (Å²) in [7, 11) is 1.58. The summed E-state index contributed by atoms with van der Waals surface area (Å²) < 4.78 is 5.19. The van der Waals surface area contributed by atoms with E-state index in [1.165, 1.54) is 11.3 Å². The fraction of sp³-hybridized carbons (Fsp3) is 0.643. The molecule has 0 atom stereocenters. The van der Waals surface area contributed by atoms with E-state index in [0.29, 0.717) is 10.6 Å². The highest BCUT2D eigenvalue weighted by atomic mass is 32.1. The SMILES string of the molecule is COc1ccsc1C(=O)NC1C(C)(C)C(N)C1(C)C. The molecule has 0 bridgehead atoms. The van der Waals surface area contributed by atoms with E-state index in [0.717, 1.165) is 0 Å². The van der Waals surface area contributed by atoms with Crippen molar-refractivity contribution in [3.8, 4) is 5.75 Å². The first-order chi connectivity index (χ1) is 8.72. The van der Waals surface area contributed by atoms with E-state index in [9.17, 15) is 4.79 Å². The van der Waals surface area contributed by atoms with Crippen LogP contribution in [0.4, 0.5) is 0 Å². The highest BCUT2D eigenvalue weighted by Crippen LogP contribution is 2.52. The Hall–Kier alpha value is -1.07. The quantitative estimate of drug-likeness (QED) is 0.893. The average molecular weight is 282 g/mol. The zero-order valence-corrected chi connectivity index (χ0v) is 12.9. The lowest BCUT2D eigenvalue weighted by Crippen LogP contribution is -2.76. The maximum Gasteiger partial charge on any atom is 0.265 e. The summed E-state index contributed by atoms with van der Waals surface area (Å²) in [6, 6.07) is 1.95. The van der Waals surface area contributed by atoms with Gasteiger partial charge in [0.15, 0.2) is 0 Å². The fourth-order valence-electron chi connectivity index (χ4n) is 3.37. The van der Waals surface area contributed by atoms with E-state index in [1.807, 2.05) is 11.4 Å². The van der Waals surface area contributed by atoms with Gasteiger partial charge in [0.25, 0.3) is 5.91 Å². The second-order valence-corrected chi connectivity index (χ2v) is 7.26. The molecule has 106 valence electrons. The largest absolute Gasteiger partial charge is 0.495 e. The van der Waals surface area contributed by atoms with Crippen LogP contribution in [0.2, 0.25) is 0 Å². The van der Waals surface area contributed by atoms with Crippen molar-refractivity contribution in [1.82, 2.24) is 5.32 Å². The summed E-state index contributed by atoms with van der Waals surface area (Å²) in [5.74, 6) is 0.548. The van der Waals surface area contributed by atoms with Gasteiger partial charge in [0.1, 0.15) is 10.6 Å². The molecular weight excluding hydrogens is 260 g/mol. The number of nitrogens with one attached hydrogen (secondary N) is 1. The molecule has 5 heteroatoms. The predicted octanol–water partition coefficient (Wildman–Crippen LogP) is 2.25. The van der Waals surface area contributed by atoms with Crippen molar-refractivity contribution >= 4 is 17.2 Å². The number of carbonyl (C=O) groups excluding carboxylic acids is 1. The van der Waals surface area contributed by atoms with Crippen LogP contribution in [0.3, 0.4) is 0 Å². The van der Waals surface area contributed by atoms with Gasteiger partial charge in [0, 0.05) is 22.9 Å². The van der Waals surface area contributed by atoms with Gasteiger partial charge in [0.2, 0.25) is 0 Å². The third-order valence-corrected chi connectivity index (χ3v) is 5.32. The van der Waals surface area contributed by atoms with Crippen molar-refractivity contribution in [1.29, 1.82) is 0 Å². The first kappa shape index (κ1) is 14.3. The van der Waals surface area contributed by atoms with E-state index in [2.05, 4.69) is 33.0 Å². The Morgan fingerprint density at radius 2 is 1.95 bits per heavy atom. The number of methoxy groups -OCH3 is 1. The Kier molecular flexibility index (Phi) is 3.39. The van der Waals surface area contributed by atoms with Gasteiger partial charge in [-0.3, -0.25) is 4.79 Å². The van der Waals surface area contributed by atoms with Crippen molar-refractivity contribution in [3.63, 3.8) is 0 Å².